The Hall–Kier alpha value is -1.81. The summed E-state index contributed by atoms with van der Waals surface area (Å²) in [4.78, 5) is 9.46. The van der Waals surface area contributed by atoms with Crippen LogP contribution in [0.4, 0.5) is 20.2 Å². The SMILES string of the molecule is CCCNc1ccc(S(=O)(=O)NCC(F)F)c([N+](=O)[O-])c1. The van der Waals surface area contributed by atoms with Crippen LogP contribution in [0.1, 0.15) is 13.3 Å². The summed E-state index contributed by atoms with van der Waals surface area (Å²) in [5.41, 5.74) is -0.283. The zero-order valence-corrected chi connectivity index (χ0v) is 12.0. The number of nitro groups is 1. The summed E-state index contributed by atoms with van der Waals surface area (Å²) in [7, 11) is -4.37. The van der Waals surface area contributed by atoms with Gasteiger partial charge in [0.2, 0.25) is 10.0 Å². The molecule has 1 aromatic carbocycles. The first-order valence-electron chi connectivity index (χ1n) is 6.08. The van der Waals surface area contributed by atoms with Gasteiger partial charge in [0.1, 0.15) is 0 Å². The summed E-state index contributed by atoms with van der Waals surface area (Å²) < 4.78 is 49.4. The minimum Gasteiger partial charge on any atom is -0.385 e. The van der Waals surface area contributed by atoms with Crippen molar-refractivity contribution in [1.29, 1.82) is 0 Å². The third-order valence-electron chi connectivity index (χ3n) is 2.45. The normalized spacial score (nSPS) is 11.6. The number of rotatable bonds is 8. The molecule has 0 aliphatic rings. The maximum absolute atomic E-state index is 12.1. The molecule has 7 nitrogen and oxygen atoms in total. The van der Waals surface area contributed by atoms with Crippen LogP contribution in [0, 0.1) is 10.1 Å². The van der Waals surface area contributed by atoms with Crippen molar-refractivity contribution in [2.45, 2.75) is 24.7 Å². The largest absolute Gasteiger partial charge is 0.385 e. The molecule has 21 heavy (non-hydrogen) atoms. The molecule has 0 bridgehead atoms. The van der Waals surface area contributed by atoms with E-state index in [4.69, 9.17) is 0 Å². The molecule has 0 unspecified atom stereocenters. The van der Waals surface area contributed by atoms with E-state index in [0.717, 1.165) is 18.6 Å². The minimum absolute atomic E-state index is 0.386. The van der Waals surface area contributed by atoms with Gasteiger partial charge in [-0.3, -0.25) is 10.1 Å². The molecule has 0 saturated heterocycles. The van der Waals surface area contributed by atoms with Crippen LogP contribution in [0.25, 0.3) is 0 Å². The summed E-state index contributed by atoms with van der Waals surface area (Å²) >= 11 is 0. The molecule has 0 amide bonds. The zero-order chi connectivity index (χ0) is 16.0. The maximum atomic E-state index is 12.1. The molecule has 0 atom stereocenters. The van der Waals surface area contributed by atoms with Gasteiger partial charge >= 0.3 is 0 Å². The standard InChI is InChI=1S/C11H15F2N3O4S/c1-2-5-14-8-3-4-10(9(6-8)16(17)18)21(19,20)15-7-11(12)13/h3-4,6,11,14-15H,2,5,7H2,1H3. The highest BCUT2D eigenvalue weighted by Gasteiger charge is 2.26. The number of hydrogen-bond acceptors (Lipinski definition) is 5. The average molecular weight is 323 g/mol. The Labute approximate surface area is 120 Å². The van der Waals surface area contributed by atoms with Crippen LogP contribution >= 0.6 is 0 Å². The van der Waals surface area contributed by atoms with E-state index in [2.05, 4.69) is 5.32 Å². The number of nitro benzene ring substituents is 1. The number of hydrogen-bond donors (Lipinski definition) is 2. The predicted octanol–water partition coefficient (Wildman–Crippen LogP) is 1.96. The first-order chi connectivity index (χ1) is 9.77. The van der Waals surface area contributed by atoms with Crippen molar-refractivity contribution >= 4 is 21.4 Å². The Balaban J connectivity index is 3.14. The predicted molar refractivity (Wildman–Crippen MR) is 73.1 cm³/mol. The van der Waals surface area contributed by atoms with E-state index >= 15 is 0 Å². The molecule has 0 fully saturated rings. The Bertz CT molecular complexity index is 607. The summed E-state index contributed by atoms with van der Waals surface area (Å²) in [5, 5.41) is 13.8. The van der Waals surface area contributed by atoms with Gasteiger partial charge in [-0.15, -0.1) is 0 Å². The third-order valence-corrected chi connectivity index (χ3v) is 3.92. The summed E-state index contributed by atoms with van der Waals surface area (Å²) in [6, 6.07) is 3.43. The topological polar surface area (TPSA) is 101 Å². The summed E-state index contributed by atoms with van der Waals surface area (Å²) in [5.74, 6) is 0. The van der Waals surface area contributed by atoms with Gasteiger partial charge in [-0.25, -0.2) is 21.9 Å². The van der Waals surface area contributed by atoms with Crippen molar-refractivity contribution in [1.82, 2.24) is 4.72 Å². The van der Waals surface area contributed by atoms with Gasteiger partial charge in [-0.1, -0.05) is 6.92 Å². The van der Waals surface area contributed by atoms with Gasteiger partial charge in [-0.2, -0.15) is 0 Å². The zero-order valence-electron chi connectivity index (χ0n) is 11.2. The fourth-order valence-electron chi connectivity index (χ4n) is 1.52. The van der Waals surface area contributed by atoms with Crippen LogP contribution in [0.3, 0.4) is 0 Å². The van der Waals surface area contributed by atoms with Gasteiger partial charge in [-0.05, 0) is 18.6 Å². The number of halogens is 2. The van der Waals surface area contributed by atoms with E-state index in [1.54, 1.807) is 4.72 Å². The first-order valence-corrected chi connectivity index (χ1v) is 7.56. The van der Waals surface area contributed by atoms with Crippen molar-refractivity contribution in [3.8, 4) is 0 Å². The van der Waals surface area contributed by atoms with Crippen molar-refractivity contribution < 1.29 is 22.1 Å². The van der Waals surface area contributed by atoms with Gasteiger partial charge in [0.05, 0.1) is 11.5 Å². The number of alkyl halides is 2. The monoisotopic (exact) mass is 323 g/mol. The molecule has 0 radical (unpaired) electrons. The molecule has 10 heteroatoms. The number of nitrogens with zero attached hydrogens (tertiary/aromatic N) is 1. The molecule has 1 aromatic rings. The van der Waals surface area contributed by atoms with E-state index < -0.39 is 38.5 Å². The van der Waals surface area contributed by atoms with Crippen LogP contribution in [0.15, 0.2) is 23.1 Å². The Morgan fingerprint density at radius 3 is 2.57 bits per heavy atom. The number of sulfonamides is 1. The Morgan fingerprint density at radius 1 is 1.38 bits per heavy atom. The van der Waals surface area contributed by atoms with Crippen molar-refractivity contribution in [3.05, 3.63) is 28.3 Å². The molecule has 0 aliphatic carbocycles. The maximum Gasteiger partial charge on any atom is 0.291 e. The summed E-state index contributed by atoms with van der Waals surface area (Å²) in [6.45, 7) is 1.36. The molecule has 0 spiro atoms. The molecule has 0 heterocycles. The van der Waals surface area contributed by atoms with E-state index in [9.17, 15) is 27.3 Å². The third kappa shape index (κ3) is 4.90. The molecular formula is C11H15F2N3O4S. The van der Waals surface area contributed by atoms with Gasteiger partial charge in [0.15, 0.2) is 4.90 Å². The Morgan fingerprint density at radius 2 is 2.05 bits per heavy atom. The van der Waals surface area contributed by atoms with Gasteiger partial charge in [0.25, 0.3) is 12.1 Å². The smallest absolute Gasteiger partial charge is 0.291 e. The van der Waals surface area contributed by atoms with Crippen LogP contribution in [0.2, 0.25) is 0 Å². The molecule has 118 valence electrons. The van der Waals surface area contributed by atoms with E-state index in [-0.39, 0.29) is 0 Å². The quantitative estimate of drug-likeness (QED) is 0.562. The lowest BCUT2D eigenvalue weighted by molar-refractivity contribution is -0.387. The van der Waals surface area contributed by atoms with E-state index in [1.165, 1.54) is 6.07 Å². The first kappa shape index (κ1) is 17.2. The molecule has 1 rings (SSSR count). The summed E-state index contributed by atoms with van der Waals surface area (Å²) in [6.07, 6.45) is -2.10. The van der Waals surface area contributed by atoms with Crippen molar-refractivity contribution in [3.63, 3.8) is 0 Å². The van der Waals surface area contributed by atoms with E-state index in [0.29, 0.717) is 12.2 Å². The number of nitrogens with one attached hydrogen (secondary N) is 2. The number of benzene rings is 1. The highest BCUT2D eigenvalue weighted by atomic mass is 32.2. The molecule has 0 aromatic heterocycles. The molecule has 0 aliphatic heterocycles. The van der Waals surface area contributed by atoms with Crippen LogP contribution in [-0.4, -0.2) is 32.9 Å². The average Bonchev–Trinajstić information content (AvgIpc) is 2.42. The van der Waals surface area contributed by atoms with Crippen LogP contribution in [-0.2, 0) is 10.0 Å². The minimum atomic E-state index is -4.37. The van der Waals surface area contributed by atoms with Crippen molar-refractivity contribution in [2.75, 3.05) is 18.4 Å². The molecular weight excluding hydrogens is 308 g/mol. The highest BCUT2D eigenvalue weighted by Crippen LogP contribution is 2.27. The van der Waals surface area contributed by atoms with Crippen LogP contribution < -0.4 is 10.0 Å². The highest BCUT2D eigenvalue weighted by molar-refractivity contribution is 7.89. The molecule has 2 N–H and O–H groups in total. The fraction of sp³-hybridized carbons (Fsp3) is 0.455. The lowest BCUT2D eigenvalue weighted by Gasteiger charge is -2.09. The van der Waals surface area contributed by atoms with E-state index in [1.807, 2.05) is 6.92 Å². The second-order valence-electron chi connectivity index (χ2n) is 4.11. The lowest BCUT2D eigenvalue weighted by atomic mass is 10.2. The second-order valence-corrected chi connectivity index (χ2v) is 5.84. The molecule has 0 saturated carbocycles. The Kier molecular flexibility index (Phi) is 5.97. The number of anilines is 1. The fourth-order valence-corrected chi connectivity index (χ4v) is 2.67. The second kappa shape index (κ2) is 7.27. The van der Waals surface area contributed by atoms with Crippen LogP contribution in [0.5, 0.6) is 0 Å². The lowest BCUT2D eigenvalue weighted by Crippen LogP contribution is -2.29. The van der Waals surface area contributed by atoms with Gasteiger partial charge < -0.3 is 5.32 Å². The van der Waals surface area contributed by atoms with Crippen molar-refractivity contribution in [2.24, 2.45) is 0 Å². The van der Waals surface area contributed by atoms with Gasteiger partial charge in [0, 0.05) is 18.3 Å².